The first-order chi connectivity index (χ1) is 6.79. The Bertz CT molecular complexity index is 168. The van der Waals surface area contributed by atoms with Gasteiger partial charge < -0.3 is 14.6 Å². The van der Waals surface area contributed by atoms with Crippen molar-refractivity contribution in [3.05, 3.63) is 0 Å². The summed E-state index contributed by atoms with van der Waals surface area (Å²) in [4.78, 5) is 12.4. The minimum atomic E-state index is -0.906. The molecule has 0 saturated carbocycles. The third-order valence-corrected chi connectivity index (χ3v) is 2.09. The quantitative estimate of drug-likeness (QED) is 0.606. The lowest BCUT2D eigenvalue weighted by atomic mass is 10.3. The van der Waals surface area contributed by atoms with Gasteiger partial charge >= 0.3 is 5.97 Å². The third kappa shape index (κ3) is 5.16. The fraction of sp³-hybridized carbons (Fsp3) is 0.889. The Hall–Kier alpha value is -0.650. The number of ether oxygens (including phenoxy) is 2. The van der Waals surface area contributed by atoms with Crippen LogP contribution >= 0.6 is 0 Å². The van der Waals surface area contributed by atoms with Crippen LogP contribution in [0.4, 0.5) is 0 Å². The molecular weight excluding hydrogens is 186 g/mol. The summed E-state index contributed by atoms with van der Waals surface area (Å²) in [5.74, 6) is -0.906. The molecule has 0 radical (unpaired) electrons. The van der Waals surface area contributed by atoms with Gasteiger partial charge in [-0.05, 0) is 6.42 Å². The van der Waals surface area contributed by atoms with E-state index in [9.17, 15) is 4.79 Å². The molecule has 1 N–H and O–H groups in total. The van der Waals surface area contributed by atoms with Crippen molar-refractivity contribution in [1.29, 1.82) is 0 Å². The molecule has 0 aromatic heterocycles. The number of hydrogen-bond acceptors (Lipinski definition) is 4. The van der Waals surface area contributed by atoms with E-state index in [4.69, 9.17) is 14.6 Å². The Morgan fingerprint density at radius 1 is 1.43 bits per heavy atom. The topological polar surface area (TPSA) is 59.0 Å². The fourth-order valence-electron chi connectivity index (χ4n) is 1.37. The van der Waals surface area contributed by atoms with E-state index in [-0.39, 0.29) is 6.61 Å². The van der Waals surface area contributed by atoms with E-state index in [1.54, 1.807) is 0 Å². The molecule has 5 heteroatoms. The number of carboxylic acids is 1. The van der Waals surface area contributed by atoms with Gasteiger partial charge in [0.2, 0.25) is 0 Å². The number of rotatable bonds is 6. The van der Waals surface area contributed by atoms with Crippen molar-refractivity contribution in [3.63, 3.8) is 0 Å². The molecule has 1 aliphatic rings. The van der Waals surface area contributed by atoms with Gasteiger partial charge in [-0.15, -0.1) is 0 Å². The van der Waals surface area contributed by atoms with Crippen molar-refractivity contribution in [2.24, 2.45) is 0 Å². The zero-order valence-corrected chi connectivity index (χ0v) is 8.28. The Morgan fingerprint density at radius 3 is 2.79 bits per heavy atom. The largest absolute Gasteiger partial charge is 0.480 e. The summed E-state index contributed by atoms with van der Waals surface area (Å²) < 4.78 is 10.1. The zero-order valence-electron chi connectivity index (χ0n) is 8.28. The molecule has 1 fully saturated rings. The first kappa shape index (κ1) is 11.4. The summed E-state index contributed by atoms with van der Waals surface area (Å²) in [6.45, 7) is 4.83. The van der Waals surface area contributed by atoms with Gasteiger partial charge in [0.05, 0.1) is 13.2 Å². The van der Waals surface area contributed by atoms with Crippen LogP contribution in [0.1, 0.15) is 6.42 Å². The Kier molecular flexibility index (Phi) is 5.51. The Balaban J connectivity index is 1.90. The highest BCUT2D eigenvalue weighted by Gasteiger charge is 2.09. The van der Waals surface area contributed by atoms with Crippen molar-refractivity contribution < 1.29 is 19.4 Å². The van der Waals surface area contributed by atoms with Crippen LogP contribution in [0.2, 0.25) is 0 Å². The third-order valence-electron chi connectivity index (χ3n) is 2.09. The van der Waals surface area contributed by atoms with E-state index in [1.807, 2.05) is 0 Å². The lowest BCUT2D eigenvalue weighted by molar-refractivity contribution is -0.142. The van der Waals surface area contributed by atoms with Crippen molar-refractivity contribution >= 4 is 5.97 Å². The van der Waals surface area contributed by atoms with Crippen molar-refractivity contribution in [1.82, 2.24) is 4.90 Å². The van der Waals surface area contributed by atoms with Crippen LogP contribution in [-0.2, 0) is 14.3 Å². The van der Waals surface area contributed by atoms with E-state index < -0.39 is 5.97 Å². The van der Waals surface area contributed by atoms with Gasteiger partial charge in [-0.3, -0.25) is 4.90 Å². The van der Waals surface area contributed by atoms with E-state index in [0.29, 0.717) is 6.61 Å². The average molecular weight is 203 g/mol. The predicted molar refractivity (Wildman–Crippen MR) is 50.3 cm³/mol. The molecule has 0 aromatic carbocycles. The normalized spacial score (nSPS) is 18.3. The van der Waals surface area contributed by atoms with Crippen LogP contribution in [0.3, 0.4) is 0 Å². The molecule has 14 heavy (non-hydrogen) atoms. The molecule has 0 bridgehead atoms. The predicted octanol–water partition coefficient (Wildman–Crippen LogP) is -0.190. The standard InChI is InChI=1S/C9H17NO4/c11-9(12)8-14-5-1-2-10-3-6-13-7-4-10/h1-8H2,(H,11,12). The summed E-state index contributed by atoms with van der Waals surface area (Å²) in [7, 11) is 0. The van der Waals surface area contributed by atoms with Gasteiger partial charge in [0.1, 0.15) is 6.61 Å². The minimum Gasteiger partial charge on any atom is -0.480 e. The first-order valence-electron chi connectivity index (χ1n) is 4.88. The van der Waals surface area contributed by atoms with Crippen molar-refractivity contribution in [3.8, 4) is 0 Å². The lowest BCUT2D eigenvalue weighted by Crippen LogP contribution is -2.37. The second-order valence-corrected chi connectivity index (χ2v) is 3.25. The number of morpholine rings is 1. The average Bonchev–Trinajstić information content (AvgIpc) is 2.18. The Morgan fingerprint density at radius 2 is 2.14 bits per heavy atom. The lowest BCUT2D eigenvalue weighted by Gasteiger charge is -2.26. The minimum absolute atomic E-state index is 0.191. The monoisotopic (exact) mass is 203 g/mol. The molecular formula is C9H17NO4. The van der Waals surface area contributed by atoms with Crippen LogP contribution in [0.25, 0.3) is 0 Å². The summed E-state index contributed by atoms with van der Waals surface area (Å²) in [5.41, 5.74) is 0. The molecule has 1 rings (SSSR count). The molecule has 0 aromatic rings. The smallest absolute Gasteiger partial charge is 0.329 e. The summed E-state index contributed by atoms with van der Waals surface area (Å²) >= 11 is 0. The maximum absolute atomic E-state index is 10.1. The van der Waals surface area contributed by atoms with Gasteiger partial charge in [0, 0.05) is 26.2 Å². The second-order valence-electron chi connectivity index (χ2n) is 3.25. The molecule has 0 unspecified atom stereocenters. The number of hydrogen-bond donors (Lipinski definition) is 1. The SMILES string of the molecule is O=C(O)COCCCN1CCOCC1. The maximum atomic E-state index is 10.1. The van der Waals surface area contributed by atoms with E-state index >= 15 is 0 Å². The molecule has 5 nitrogen and oxygen atoms in total. The number of nitrogens with zero attached hydrogens (tertiary/aromatic N) is 1. The first-order valence-corrected chi connectivity index (χ1v) is 4.88. The van der Waals surface area contributed by atoms with Gasteiger partial charge in [0.25, 0.3) is 0 Å². The molecule has 82 valence electrons. The van der Waals surface area contributed by atoms with Gasteiger partial charge in [-0.1, -0.05) is 0 Å². The molecule has 0 aliphatic carbocycles. The summed E-state index contributed by atoms with van der Waals surface area (Å²) in [5, 5.41) is 8.31. The molecule has 0 atom stereocenters. The van der Waals surface area contributed by atoms with Crippen LogP contribution in [-0.4, -0.2) is 62.0 Å². The van der Waals surface area contributed by atoms with Crippen LogP contribution in [0.15, 0.2) is 0 Å². The fourth-order valence-corrected chi connectivity index (χ4v) is 1.37. The molecule has 0 amide bonds. The maximum Gasteiger partial charge on any atom is 0.329 e. The van der Waals surface area contributed by atoms with Gasteiger partial charge in [0.15, 0.2) is 0 Å². The van der Waals surface area contributed by atoms with Crippen LogP contribution < -0.4 is 0 Å². The van der Waals surface area contributed by atoms with E-state index in [0.717, 1.165) is 39.3 Å². The van der Waals surface area contributed by atoms with Crippen LogP contribution in [0, 0.1) is 0 Å². The van der Waals surface area contributed by atoms with Gasteiger partial charge in [-0.2, -0.15) is 0 Å². The van der Waals surface area contributed by atoms with Crippen molar-refractivity contribution in [2.75, 3.05) is 46.1 Å². The van der Waals surface area contributed by atoms with Gasteiger partial charge in [-0.25, -0.2) is 4.79 Å². The van der Waals surface area contributed by atoms with Crippen molar-refractivity contribution in [2.45, 2.75) is 6.42 Å². The molecule has 1 heterocycles. The highest BCUT2D eigenvalue weighted by molar-refractivity contribution is 5.67. The number of aliphatic carboxylic acids is 1. The highest BCUT2D eigenvalue weighted by Crippen LogP contribution is 1.97. The summed E-state index contributed by atoms with van der Waals surface area (Å²) in [6, 6.07) is 0. The summed E-state index contributed by atoms with van der Waals surface area (Å²) in [6.07, 6.45) is 0.882. The number of carbonyl (C=O) groups is 1. The number of carboxylic acid groups (broad SMARTS) is 1. The van der Waals surface area contributed by atoms with E-state index in [2.05, 4.69) is 4.90 Å². The molecule has 1 saturated heterocycles. The Labute approximate surface area is 83.6 Å². The second kappa shape index (κ2) is 6.75. The molecule has 0 spiro atoms. The highest BCUT2D eigenvalue weighted by atomic mass is 16.5. The van der Waals surface area contributed by atoms with Crippen LogP contribution in [0.5, 0.6) is 0 Å². The van der Waals surface area contributed by atoms with E-state index in [1.165, 1.54) is 0 Å². The zero-order chi connectivity index (χ0) is 10.2. The molecule has 1 aliphatic heterocycles.